The molecule has 1 aromatic rings. The van der Waals surface area contributed by atoms with Crippen LogP contribution in [0.2, 0.25) is 0 Å². The van der Waals surface area contributed by atoms with Gasteiger partial charge in [-0.25, -0.2) is 4.39 Å². The van der Waals surface area contributed by atoms with E-state index in [1.807, 2.05) is 19.2 Å². The van der Waals surface area contributed by atoms with E-state index in [1.165, 1.54) is 31.7 Å². The third kappa shape index (κ3) is 3.33. The highest BCUT2D eigenvalue weighted by molar-refractivity contribution is 9.10. The van der Waals surface area contributed by atoms with Crippen molar-refractivity contribution in [2.45, 2.75) is 32.1 Å². The summed E-state index contributed by atoms with van der Waals surface area (Å²) >= 11 is 3.38. The molecule has 1 N–H and O–H groups in total. The lowest BCUT2D eigenvalue weighted by Gasteiger charge is -2.31. The van der Waals surface area contributed by atoms with Gasteiger partial charge in [-0.15, -0.1) is 0 Å². The molecule has 1 fully saturated rings. The molecule has 2 atom stereocenters. The highest BCUT2D eigenvalue weighted by atomic mass is 79.9. The van der Waals surface area contributed by atoms with E-state index in [0.717, 1.165) is 24.4 Å². The van der Waals surface area contributed by atoms with Crippen molar-refractivity contribution in [3.63, 3.8) is 0 Å². The summed E-state index contributed by atoms with van der Waals surface area (Å²) in [5.74, 6) is 1.27. The zero-order chi connectivity index (χ0) is 13.0. The number of nitrogens with one attached hydrogen (secondary N) is 1. The molecule has 0 aromatic heterocycles. The minimum Gasteiger partial charge on any atom is -0.319 e. The van der Waals surface area contributed by atoms with Crippen LogP contribution < -0.4 is 5.32 Å². The fourth-order valence-electron chi connectivity index (χ4n) is 3.07. The zero-order valence-corrected chi connectivity index (χ0v) is 12.5. The third-order valence-electron chi connectivity index (χ3n) is 4.05. The van der Waals surface area contributed by atoms with Gasteiger partial charge in [0.2, 0.25) is 0 Å². The molecule has 18 heavy (non-hydrogen) atoms. The molecule has 0 amide bonds. The quantitative estimate of drug-likeness (QED) is 0.880. The number of halogens is 2. The van der Waals surface area contributed by atoms with Crippen LogP contribution in [-0.4, -0.2) is 13.6 Å². The van der Waals surface area contributed by atoms with Gasteiger partial charge in [0.05, 0.1) is 4.47 Å². The summed E-state index contributed by atoms with van der Waals surface area (Å²) < 4.78 is 14.2. The Morgan fingerprint density at radius 1 is 1.28 bits per heavy atom. The molecule has 0 aliphatic heterocycles. The van der Waals surface area contributed by atoms with E-state index < -0.39 is 0 Å². The first-order chi connectivity index (χ1) is 8.72. The molecule has 100 valence electrons. The predicted octanol–water partition coefficient (Wildman–Crippen LogP) is 4.16. The van der Waals surface area contributed by atoms with Crippen LogP contribution in [0.4, 0.5) is 4.39 Å². The molecule has 0 bridgehead atoms. The summed E-state index contributed by atoms with van der Waals surface area (Å²) in [5.41, 5.74) is 1.11. The molecule has 0 spiro atoms. The lowest BCUT2D eigenvalue weighted by molar-refractivity contribution is 0.232. The fourth-order valence-corrected chi connectivity index (χ4v) is 3.50. The van der Waals surface area contributed by atoms with Gasteiger partial charge < -0.3 is 5.32 Å². The molecule has 1 aromatic carbocycles. The Morgan fingerprint density at radius 2 is 2.00 bits per heavy atom. The van der Waals surface area contributed by atoms with Crippen LogP contribution in [0.25, 0.3) is 0 Å². The second-order valence-corrected chi connectivity index (χ2v) is 6.07. The van der Waals surface area contributed by atoms with E-state index >= 15 is 0 Å². The number of hydrogen-bond donors (Lipinski definition) is 1. The Bertz CT molecular complexity index is 392. The number of benzene rings is 1. The molecule has 0 radical (unpaired) electrons. The second-order valence-electron chi connectivity index (χ2n) is 5.28. The van der Waals surface area contributed by atoms with Gasteiger partial charge in [-0.05, 0) is 72.3 Å². The molecule has 3 heteroatoms. The topological polar surface area (TPSA) is 12.0 Å². The normalized spacial score (nSPS) is 24.2. The van der Waals surface area contributed by atoms with Gasteiger partial charge >= 0.3 is 0 Å². The largest absolute Gasteiger partial charge is 0.319 e. The lowest BCUT2D eigenvalue weighted by Crippen LogP contribution is -2.30. The van der Waals surface area contributed by atoms with Crippen molar-refractivity contribution in [1.82, 2.24) is 5.32 Å². The standard InChI is InChI=1S/C15H21BrFN/c1-18-10-13-6-3-2-5-11(13)9-12-7-4-8-14(17)15(12)16/h4,7-8,11,13,18H,2-3,5-6,9-10H2,1H3. The predicted molar refractivity (Wildman–Crippen MR) is 77.2 cm³/mol. The summed E-state index contributed by atoms with van der Waals surface area (Å²) in [6.07, 6.45) is 6.23. The Balaban J connectivity index is 2.08. The molecule has 1 aliphatic carbocycles. The van der Waals surface area contributed by atoms with Crippen molar-refractivity contribution in [3.8, 4) is 0 Å². The summed E-state index contributed by atoms with van der Waals surface area (Å²) in [5, 5.41) is 3.29. The maximum absolute atomic E-state index is 13.5. The van der Waals surface area contributed by atoms with Crippen molar-refractivity contribution in [2.24, 2.45) is 11.8 Å². The molecule has 1 nitrogen and oxygen atoms in total. The van der Waals surface area contributed by atoms with Crippen molar-refractivity contribution in [1.29, 1.82) is 0 Å². The first-order valence-electron chi connectivity index (χ1n) is 6.80. The van der Waals surface area contributed by atoms with Crippen molar-refractivity contribution in [2.75, 3.05) is 13.6 Å². The van der Waals surface area contributed by atoms with Gasteiger partial charge in [-0.3, -0.25) is 0 Å². The molecule has 2 unspecified atom stereocenters. The molecule has 2 rings (SSSR count). The highest BCUT2D eigenvalue weighted by Gasteiger charge is 2.25. The number of rotatable bonds is 4. The maximum Gasteiger partial charge on any atom is 0.137 e. The Kier molecular flexibility index (Phi) is 5.19. The first-order valence-corrected chi connectivity index (χ1v) is 7.59. The third-order valence-corrected chi connectivity index (χ3v) is 4.93. The van der Waals surface area contributed by atoms with Gasteiger partial charge in [0.15, 0.2) is 0 Å². The summed E-state index contributed by atoms with van der Waals surface area (Å²) in [6, 6.07) is 5.36. The average Bonchev–Trinajstić information content (AvgIpc) is 2.37. The molecule has 0 heterocycles. The van der Waals surface area contributed by atoms with Gasteiger partial charge in [0, 0.05) is 0 Å². The van der Waals surface area contributed by atoms with Gasteiger partial charge in [0.25, 0.3) is 0 Å². The minimum absolute atomic E-state index is 0.145. The minimum atomic E-state index is -0.145. The Labute approximate surface area is 117 Å². The van der Waals surface area contributed by atoms with Gasteiger partial charge in [-0.2, -0.15) is 0 Å². The Hall–Kier alpha value is -0.410. The van der Waals surface area contributed by atoms with Crippen molar-refractivity contribution < 1.29 is 4.39 Å². The van der Waals surface area contributed by atoms with E-state index in [2.05, 4.69) is 21.2 Å². The first kappa shape index (κ1) is 14.0. The summed E-state index contributed by atoms with van der Waals surface area (Å²) in [6.45, 7) is 1.08. The van der Waals surface area contributed by atoms with E-state index in [-0.39, 0.29) is 5.82 Å². The van der Waals surface area contributed by atoms with Crippen LogP contribution in [0.3, 0.4) is 0 Å². The maximum atomic E-state index is 13.5. The van der Waals surface area contributed by atoms with Crippen molar-refractivity contribution in [3.05, 3.63) is 34.1 Å². The van der Waals surface area contributed by atoms with Crippen LogP contribution in [0.5, 0.6) is 0 Å². The number of hydrogen-bond acceptors (Lipinski definition) is 1. The van der Waals surface area contributed by atoms with Crippen LogP contribution >= 0.6 is 15.9 Å². The Morgan fingerprint density at radius 3 is 2.72 bits per heavy atom. The summed E-state index contributed by atoms with van der Waals surface area (Å²) in [4.78, 5) is 0. The average molecular weight is 314 g/mol. The summed E-state index contributed by atoms with van der Waals surface area (Å²) in [7, 11) is 2.02. The SMILES string of the molecule is CNCC1CCCCC1Cc1cccc(F)c1Br. The van der Waals surface area contributed by atoms with Crippen molar-refractivity contribution >= 4 is 15.9 Å². The van der Waals surface area contributed by atoms with E-state index in [1.54, 1.807) is 0 Å². The zero-order valence-electron chi connectivity index (χ0n) is 10.9. The second kappa shape index (κ2) is 6.67. The van der Waals surface area contributed by atoms with E-state index in [0.29, 0.717) is 10.4 Å². The molecule has 1 saturated carbocycles. The lowest BCUT2D eigenvalue weighted by atomic mass is 9.76. The molecule has 0 saturated heterocycles. The van der Waals surface area contributed by atoms with E-state index in [4.69, 9.17) is 0 Å². The van der Waals surface area contributed by atoms with Crippen LogP contribution in [0.15, 0.2) is 22.7 Å². The monoisotopic (exact) mass is 313 g/mol. The molecule has 1 aliphatic rings. The van der Waals surface area contributed by atoms with Crippen LogP contribution in [0.1, 0.15) is 31.2 Å². The van der Waals surface area contributed by atoms with Gasteiger partial charge in [0.1, 0.15) is 5.82 Å². The highest BCUT2D eigenvalue weighted by Crippen LogP contribution is 2.34. The molecular weight excluding hydrogens is 293 g/mol. The van der Waals surface area contributed by atoms with Crippen LogP contribution in [0, 0.1) is 17.7 Å². The smallest absolute Gasteiger partial charge is 0.137 e. The molecular formula is C15H21BrFN. The fraction of sp³-hybridized carbons (Fsp3) is 0.600. The van der Waals surface area contributed by atoms with Crippen LogP contribution in [-0.2, 0) is 6.42 Å². The van der Waals surface area contributed by atoms with Gasteiger partial charge in [-0.1, -0.05) is 25.0 Å². The van der Waals surface area contributed by atoms with E-state index in [9.17, 15) is 4.39 Å².